The number of nitrogens with one attached hydrogen (secondary N) is 1. The number of benzene rings is 1. The zero-order valence-corrected chi connectivity index (χ0v) is 13.5. The van der Waals surface area contributed by atoms with Crippen LogP contribution in [0, 0.1) is 13.8 Å². The van der Waals surface area contributed by atoms with Gasteiger partial charge in [-0.15, -0.1) is 11.3 Å². The van der Waals surface area contributed by atoms with E-state index in [1.807, 2.05) is 19.1 Å². The van der Waals surface area contributed by atoms with Gasteiger partial charge in [0.2, 0.25) is 0 Å². The summed E-state index contributed by atoms with van der Waals surface area (Å²) in [5, 5.41) is 8.02. The molecule has 0 bridgehead atoms. The largest absolute Gasteiger partial charge is 0.459 e. The number of nitrogens with zero attached hydrogens (tertiary/aromatic N) is 1. The third-order valence-corrected chi connectivity index (χ3v) is 4.76. The van der Waals surface area contributed by atoms with Gasteiger partial charge in [-0.2, -0.15) is 0 Å². The molecule has 1 unspecified atom stereocenters. The summed E-state index contributed by atoms with van der Waals surface area (Å²) in [7, 11) is 0. The number of aryl methyl sites for hydroxylation is 2. The van der Waals surface area contributed by atoms with E-state index in [1.165, 1.54) is 16.0 Å². The first-order chi connectivity index (χ1) is 10.1. The molecule has 4 heteroatoms. The summed E-state index contributed by atoms with van der Waals surface area (Å²) in [6, 6.07) is 8.41. The van der Waals surface area contributed by atoms with Crippen LogP contribution in [0.1, 0.15) is 35.0 Å². The van der Waals surface area contributed by atoms with Crippen molar-refractivity contribution in [2.75, 3.05) is 6.54 Å². The molecule has 2 aromatic heterocycles. The molecule has 0 radical (unpaired) electrons. The second kappa shape index (κ2) is 6.00. The number of para-hydroxylation sites is 1. The topological polar surface area (TPSA) is 38.1 Å². The quantitative estimate of drug-likeness (QED) is 0.759. The van der Waals surface area contributed by atoms with E-state index < -0.39 is 0 Å². The summed E-state index contributed by atoms with van der Waals surface area (Å²) in [6.07, 6.45) is 0.960. The maximum atomic E-state index is 5.99. The third-order valence-electron chi connectivity index (χ3n) is 3.73. The number of rotatable bonds is 5. The molecule has 2 heterocycles. The highest BCUT2D eigenvalue weighted by Crippen LogP contribution is 2.29. The van der Waals surface area contributed by atoms with Crippen LogP contribution >= 0.6 is 11.3 Å². The first kappa shape index (κ1) is 14.3. The van der Waals surface area contributed by atoms with Gasteiger partial charge in [0.25, 0.3) is 0 Å². The molecule has 0 saturated carbocycles. The van der Waals surface area contributed by atoms with Crippen molar-refractivity contribution in [1.29, 1.82) is 0 Å². The minimum absolute atomic E-state index is 0.207. The minimum atomic E-state index is 0.207. The maximum absolute atomic E-state index is 5.99. The molecule has 3 nitrogen and oxygen atoms in total. The Morgan fingerprint density at radius 1 is 1.29 bits per heavy atom. The zero-order chi connectivity index (χ0) is 14.8. The van der Waals surface area contributed by atoms with Crippen LogP contribution in [-0.4, -0.2) is 11.5 Å². The molecule has 3 rings (SSSR count). The van der Waals surface area contributed by atoms with Crippen LogP contribution in [0.25, 0.3) is 11.0 Å². The average molecular weight is 300 g/mol. The molecular weight excluding hydrogens is 280 g/mol. The lowest BCUT2D eigenvalue weighted by molar-refractivity contribution is 0.450. The molecule has 21 heavy (non-hydrogen) atoms. The van der Waals surface area contributed by atoms with Crippen LogP contribution < -0.4 is 5.32 Å². The number of hydrogen-bond acceptors (Lipinski definition) is 4. The first-order valence-corrected chi connectivity index (χ1v) is 8.15. The van der Waals surface area contributed by atoms with Gasteiger partial charge >= 0.3 is 0 Å². The molecule has 110 valence electrons. The Hall–Kier alpha value is -1.65. The Bertz CT molecular complexity index is 744. The predicted octanol–water partition coefficient (Wildman–Crippen LogP) is 4.40. The van der Waals surface area contributed by atoms with Crippen molar-refractivity contribution < 1.29 is 4.42 Å². The fourth-order valence-electron chi connectivity index (χ4n) is 2.61. The van der Waals surface area contributed by atoms with E-state index in [1.54, 1.807) is 11.3 Å². The lowest BCUT2D eigenvalue weighted by atomic mass is 10.1. The molecule has 0 aliphatic rings. The van der Waals surface area contributed by atoms with Gasteiger partial charge in [0.1, 0.15) is 11.3 Å². The highest BCUT2D eigenvalue weighted by molar-refractivity contribution is 7.09. The van der Waals surface area contributed by atoms with E-state index in [0.717, 1.165) is 30.0 Å². The molecule has 0 aliphatic carbocycles. The molecule has 1 N–H and O–H groups in total. The number of fused-ring (bicyclic) bond motifs is 1. The van der Waals surface area contributed by atoms with Gasteiger partial charge in [-0.25, -0.2) is 4.98 Å². The number of aromatic nitrogens is 1. The smallest absolute Gasteiger partial charge is 0.134 e. The highest BCUT2D eigenvalue weighted by Gasteiger charge is 2.15. The molecule has 0 aliphatic heterocycles. The summed E-state index contributed by atoms with van der Waals surface area (Å²) < 4.78 is 5.99. The van der Waals surface area contributed by atoms with Gasteiger partial charge in [-0.1, -0.05) is 18.2 Å². The summed E-state index contributed by atoms with van der Waals surface area (Å²) in [5.74, 6) is 1.03. The van der Waals surface area contributed by atoms with E-state index in [4.69, 9.17) is 4.42 Å². The molecule has 3 aromatic rings. The van der Waals surface area contributed by atoms with Crippen LogP contribution in [0.2, 0.25) is 0 Å². The molecule has 0 fully saturated rings. The summed E-state index contributed by atoms with van der Waals surface area (Å²) in [6.45, 7) is 7.22. The Kier molecular flexibility index (Phi) is 4.08. The third kappa shape index (κ3) is 3.01. The Morgan fingerprint density at radius 2 is 2.10 bits per heavy atom. The van der Waals surface area contributed by atoms with Crippen molar-refractivity contribution >= 4 is 22.3 Å². The normalized spacial score (nSPS) is 12.9. The maximum Gasteiger partial charge on any atom is 0.134 e. The van der Waals surface area contributed by atoms with Gasteiger partial charge in [0.05, 0.1) is 11.0 Å². The number of thiazole rings is 1. The van der Waals surface area contributed by atoms with Crippen LogP contribution in [0.5, 0.6) is 0 Å². The predicted molar refractivity (Wildman–Crippen MR) is 87.9 cm³/mol. The number of hydrogen-bond donors (Lipinski definition) is 1. The Morgan fingerprint density at radius 3 is 2.81 bits per heavy atom. The molecule has 0 saturated heterocycles. The van der Waals surface area contributed by atoms with Gasteiger partial charge in [0, 0.05) is 29.4 Å². The van der Waals surface area contributed by atoms with E-state index in [0.29, 0.717) is 0 Å². The Labute approximate surface area is 129 Å². The van der Waals surface area contributed by atoms with Crippen molar-refractivity contribution in [2.45, 2.75) is 33.2 Å². The summed E-state index contributed by atoms with van der Waals surface area (Å²) in [5.41, 5.74) is 3.31. The van der Waals surface area contributed by atoms with E-state index in [-0.39, 0.29) is 6.04 Å². The van der Waals surface area contributed by atoms with Crippen molar-refractivity contribution in [3.05, 3.63) is 51.7 Å². The van der Waals surface area contributed by atoms with Crippen LogP contribution in [-0.2, 0) is 6.42 Å². The SMILES string of the molecule is Cc1csc(CCNC(C)c2oc3ccccc3c2C)n1. The molecule has 0 amide bonds. The second-order valence-corrected chi connectivity index (χ2v) is 6.34. The van der Waals surface area contributed by atoms with Gasteiger partial charge in [-0.05, 0) is 32.4 Å². The minimum Gasteiger partial charge on any atom is -0.459 e. The average Bonchev–Trinajstić information content (AvgIpc) is 3.03. The van der Waals surface area contributed by atoms with Crippen molar-refractivity contribution in [3.8, 4) is 0 Å². The molecule has 1 atom stereocenters. The van der Waals surface area contributed by atoms with E-state index in [9.17, 15) is 0 Å². The van der Waals surface area contributed by atoms with Crippen molar-refractivity contribution in [3.63, 3.8) is 0 Å². The van der Waals surface area contributed by atoms with Crippen LogP contribution in [0.15, 0.2) is 34.1 Å². The molecular formula is C17H20N2OS. The van der Waals surface area contributed by atoms with Crippen molar-refractivity contribution in [1.82, 2.24) is 10.3 Å². The van der Waals surface area contributed by atoms with E-state index in [2.05, 4.69) is 41.7 Å². The lowest BCUT2D eigenvalue weighted by Gasteiger charge is -2.11. The second-order valence-electron chi connectivity index (χ2n) is 5.40. The van der Waals surface area contributed by atoms with Gasteiger partial charge < -0.3 is 9.73 Å². The molecule has 1 aromatic carbocycles. The fraction of sp³-hybridized carbons (Fsp3) is 0.353. The summed E-state index contributed by atoms with van der Waals surface area (Å²) in [4.78, 5) is 4.49. The Balaban J connectivity index is 1.66. The van der Waals surface area contributed by atoms with Crippen LogP contribution in [0.3, 0.4) is 0 Å². The highest BCUT2D eigenvalue weighted by atomic mass is 32.1. The lowest BCUT2D eigenvalue weighted by Crippen LogP contribution is -2.21. The van der Waals surface area contributed by atoms with Gasteiger partial charge in [-0.3, -0.25) is 0 Å². The standard InChI is InChI=1S/C17H20N2OS/c1-11-10-21-16(19-11)8-9-18-13(3)17-12(2)14-6-4-5-7-15(14)20-17/h4-7,10,13,18H,8-9H2,1-3H3. The van der Waals surface area contributed by atoms with E-state index >= 15 is 0 Å². The zero-order valence-electron chi connectivity index (χ0n) is 12.6. The first-order valence-electron chi connectivity index (χ1n) is 7.27. The summed E-state index contributed by atoms with van der Waals surface area (Å²) >= 11 is 1.73. The van der Waals surface area contributed by atoms with Crippen LogP contribution in [0.4, 0.5) is 0 Å². The van der Waals surface area contributed by atoms with Crippen molar-refractivity contribution in [2.24, 2.45) is 0 Å². The molecule has 0 spiro atoms. The fourth-order valence-corrected chi connectivity index (χ4v) is 3.39. The number of furan rings is 1. The monoisotopic (exact) mass is 300 g/mol. The van der Waals surface area contributed by atoms with Gasteiger partial charge in [0.15, 0.2) is 0 Å².